The van der Waals surface area contributed by atoms with Crippen LogP contribution in [0.4, 0.5) is 0 Å². The van der Waals surface area contributed by atoms with E-state index in [1.54, 1.807) is 17.0 Å². The molecule has 5 nitrogen and oxygen atoms in total. The van der Waals surface area contributed by atoms with Gasteiger partial charge in [0.05, 0.1) is 19.0 Å². The molecule has 0 saturated heterocycles. The fourth-order valence-corrected chi connectivity index (χ4v) is 2.62. The van der Waals surface area contributed by atoms with E-state index < -0.39 is 0 Å². The van der Waals surface area contributed by atoms with Crippen LogP contribution in [0.15, 0.2) is 54.6 Å². The maximum atomic E-state index is 12.7. The molecule has 5 heteroatoms. The molecule has 0 aromatic heterocycles. The number of nitriles is 1. The van der Waals surface area contributed by atoms with Crippen molar-refractivity contribution in [2.45, 2.75) is 12.5 Å². The molecule has 1 amide bonds. The number of para-hydroxylation sites is 2. The highest BCUT2D eigenvalue weighted by Crippen LogP contribution is 2.31. The van der Waals surface area contributed by atoms with E-state index in [-0.39, 0.29) is 18.4 Å². The molecule has 3 rings (SSSR count). The van der Waals surface area contributed by atoms with Crippen LogP contribution >= 0.6 is 0 Å². The van der Waals surface area contributed by atoms with E-state index in [0.29, 0.717) is 36.8 Å². The van der Waals surface area contributed by atoms with Crippen LogP contribution in [0, 0.1) is 11.3 Å². The third kappa shape index (κ3) is 3.66. The van der Waals surface area contributed by atoms with Crippen LogP contribution in [0.5, 0.6) is 11.5 Å². The zero-order chi connectivity index (χ0) is 16.8. The zero-order valence-electron chi connectivity index (χ0n) is 13.2. The Morgan fingerprint density at radius 3 is 2.58 bits per heavy atom. The van der Waals surface area contributed by atoms with E-state index in [2.05, 4.69) is 6.07 Å². The van der Waals surface area contributed by atoms with Gasteiger partial charge >= 0.3 is 0 Å². The number of ether oxygens (including phenoxy) is 2. The predicted molar refractivity (Wildman–Crippen MR) is 88.9 cm³/mol. The first-order valence-corrected chi connectivity index (χ1v) is 7.87. The van der Waals surface area contributed by atoms with Gasteiger partial charge in [-0.1, -0.05) is 30.3 Å². The molecular formula is C19H18N2O3. The van der Waals surface area contributed by atoms with Crippen molar-refractivity contribution in [2.24, 2.45) is 0 Å². The highest BCUT2D eigenvalue weighted by molar-refractivity contribution is 5.94. The molecule has 2 aromatic rings. The molecule has 1 atom stereocenters. The van der Waals surface area contributed by atoms with Gasteiger partial charge in [-0.2, -0.15) is 5.26 Å². The molecule has 0 saturated carbocycles. The minimum Gasteiger partial charge on any atom is -0.486 e. The number of rotatable bonds is 5. The Bertz CT molecular complexity index is 740. The van der Waals surface area contributed by atoms with Gasteiger partial charge in [-0.25, -0.2) is 0 Å². The second-order valence-electron chi connectivity index (χ2n) is 5.52. The highest BCUT2D eigenvalue weighted by atomic mass is 16.6. The summed E-state index contributed by atoms with van der Waals surface area (Å²) < 4.78 is 11.6. The molecule has 0 aliphatic carbocycles. The van der Waals surface area contributed by atoms with Crippen molar-refractivity contribution in [3.05, 3.63) is 60.2 Å². The van der Waals surface area contributed by atoms with Gasteiger partial charge in [0.15, 0.2) is 17.6 Å². The molecule has 1 aliphatic heterocycles. The molecule has 122 valence electrons. The number of amides is 1. The summed E-state index contributed by atoms with van der Waals surface area (Å²) in [6, 6.07) is 18.6. The largest absolute Gasteiger partial charge is 0.486 e. The molecule has 0 spiro atoms. The van der Waals surface area contributed by atoms with Crippen LogP contribution < -0.4 is 9.47 Å². The maximum absolute atomic E-state index is 12.7. The predicted octanol–water partition coefficient (Wildman–Crippen LogP) is 2.88. The lowest BCUT2D eigenvalue weighted by Gasteiger charge is -2.31. The van der Waals surface area contributed by atoms with Crippen molar-refractivity contribution < 1.29 is 14.3 Å². The first kappa shape index (κ1) is 15.9. The van der Waals surface area contributed by atoms with E-state index >= 15 is 0 Å². The third-order valence-electron chi connectivity index (χ3n) is 3.79. The number of hydrogen-bond acceptors (Lipinski definition) is 4. The number of fused-ring (bicyclic) bond motifs is 1. The summed E-state index contributed by atoms with van der Waals surface area (Å²) >= 11 is 0. The summed E-state index contributed by atoms with van der Waals surface area (Å²) in [7, 11) is 0. The monoisotopic (exact) mass is 322 g/mol. The molecule has 24 heavy (non-hydrogen) atoms. The highest BCUT2D eigenvalue weighted by Gasteiger charge is 2.25. The number of carbonyl (C=O) groups excluding carboxylic acids is 1. The molecule has 2 aromatic carbocycles. The summed E-state index contributed by atoms with van der Waals surface area (Å²) in [6.45, 7) is 1.12. The van der Waals surface area contributed by atoms with Crippen molar-refractivity contribution in [1.82, 2.24) is 4.90 Å². The minimum atomic E-state index is -0.258. The first-order valence-electron chi connectivity index (χ1n) is 7.87. The smallest absolute Gasteiger partial charge is 0.254 e. The van der Waals surface area contributed by atoms with Gasteiger partial charge < -0.3 is 14.4 Å². The Morgan fingerprint density at radius 1 is 1.12 bits per heavy atom. The Balaban J connectivity index is 1.71. The van der Waals surface area contributed by atoms with Crippen LogP contribution in [0.3, 0.4) is 0 Å². The molecule has 1 aliphatic rings. The molecule has 0 N–H and O–H groups in total. The molecule has 1 heterocycles. The van der Waals surface area contributed by atoms with Crippen molar-refractivity contribution in [1.29, 1.82) is 5.26 Å². The molecular weight excluding hydrogens is 304 g/mol. The molecule has 0 fully saturated rings. The van der Waals surface area contributed by atoms with Crippen molar-refractivity contribution in [2.75, 3.05) is 19.7 Å². The van der Waals surface area contributed by atoms with Gasteiger partial charge in [0.25, 0.3) is 5.91 Å². The summed E-state index contributed by atoms with van der Waals surface area (Å²) in [6.07, 6.45) is 0.0224. The van der Waals surface area contributed by atoms with Crippen molar-refractivity contribution >= 4 is 5.91 Å². The fraction of sp³-hybridized carbons (Fsp3) is 0.263. The molecule has 1 unspecified atom stereocenters. The quantitative estimate of drug-likeness (QED) is 0.849. The van der Waals surface area contributed by atoms with Gasteiger partial charge in [0.1, 0.15) is 6.61 Å². The minimum absolute atomic E-state index is 0.103. The Hall–Kier alpha value is -3.00. The van der Waals surface area contributed by atoms with Crippen LogP contribution in [0.25, 0.3) is 0 Å². The van der Waals surface area contributed by atoms with E-state index in [4.69, 9.17) is 14.7 Å². The van der Waals surface area contributed by atoms with E-state index in [1.807, 2.05) is 42.5 Å². The van der Waals surface area contributed by atoms with Crippen molar-refractivity contribution in [3.63, 3.8) is 0 Å². The lowest BCUT2D eigenvalue weighted by atomic mass is 10.1. The van der Waals surface area contributed by atoms with E-state index in [0.717, 1.165) is 0 Å². The lowest BCUT2D eigenvalue weighted by molar-refractivity contribution is 0.0467. The summed E-state index contributed by atoms with van der Waals surface area (Å²) in [5.41, 5.74) is 0.604. The number of nitrogens with zero attached hydrogens (tertiary/aromatic N) is 2. The topological polar surface area (TPSA) is 62.6 Å². The van der Waals surface area contributed by atoms with Crippen molar-refractivity contribution in [3.8, 4) is 17.6 Å². The number of hydrogen-bond donors (Lipinski definition) is 0. The maximum Gasteiger partial charge on any atom is 0.254 e. The normalized spacial score (nSPS) is 15.4. The summed E-state index contributed by atoms with van der Waals surface area (Å²) in [5, 5.41) is 8.86. The second kappa shape index (κ2) is 7.51. The SMILES string of the molecule is N#CCCN(CC1COc2ccccc2O1)C(=O)c1ccccc1. The van der Waals surface area contributed by atoms with Gasteiger partial charge in [-0.15, -0.1) is 0 Å². The van der Waals surface area contributed by atoms with Gasteiger partial charge in [0.2, 0.25) is 0 Å². The number of carbonyl (C=O) groups is 1. The van der Waals surface area contributed by atoms with E-state index in [1.165, 1.54) is 0 Å². The van der Waals surface area contributed by atoms with Crippen LogP contribution in [-0.4, -0.2) is 36.6 Å². The van der Waals surface area contributed by atoms with Crippen LogP contribution in [0.1, 0.15) is 16.8 Å². The van der Waals surface area contributed by atoms with Crippen LogP contribution in [-0.2, 0) is 0 Å². The average molecular weight is 322 g/mol. The Morgan fingerprint density at radius 2 is 1.83 bits per heavy atom. The van der Waals surface area contributed by atoms with Crippen LogP contribution in [0.2, 0.25) is 0 Å². The van der Waals surface area contributed by atoms with E-state index in [9.17, 15) is 4.79 Å². The molecule has 0 radical (unpaired) electrons. The summed E-state index contributed by atoms with van der Waals surface area (Å²) in [4.78, 5) is 14.3. The number of benzene rings is 2. The lowest BCUT2D eigenvalue weighted by Crippen LogP contribution is -2.44. The second-order valence-corrected chi connectivity index (χ2v) is 5.52. The Labute approximate surface area is 141 Å². The fourth-order valence-electron chi connectivity index (χ4n) is 2.62. The summed E-state index contributed by atoms with van der Waals surface area (Å²) in [5.74, 6) is 1.29. The third-order valence-corrected chi connectivity index (χ3v) is 3.79. The standard InChI is InChI=1S/C19H18N2O3/c20-11-6-12-21(19(22)15-7-2-1-3-8-15)13-16-14-23-17-9-4-5-10-18(17)24-16/h1-5,7-10,16H,6,12-14H2. The average Bonchev–Trinajstić information content (AvgIpc) is 2.65. The zero-order valence-corrected chi connectivity index (χ0v) is 13.2. The first-order chi connectivity index (χ1) is 11.8. The van der Waals surface area contributed by atoms with Gasteiger partial charge in [0, 0.05) is 12.1 Å². The van der Waals surface area contributed by atoms with Gasteiger partial charge in [-0.05, 0) is 24.3 Å². The molecule has 0 bridgehead atoms. The van der Waals surface area contributed by atoms with Gasteiger partial charge in [-0.3, -0.25) is 4.79 Å². The Kier molecular flexibility index (Phi) is 4.97.